The van der Waals surface area contributed by atoms with Crippen molar-refractivity contribution in [2.24, 2.45) is 0 Å². The monoisotopic (exact) mass is 588 g/mol. The number of imidazole rings is 1. The Morgan fingerprint density at radius 2 is 1.57 bits per heavy atom. The van der Waals surface area contributed by atoms with Crippen LogP contribution >= 0.6 is 0 Å². The highest BCUT2D eigenvalue weighted by atomic mass is 16.7. The standard InChI is InChI=1S/C33H28N6O5/c1-3-42-33-34-28-15-9-14-27(32(41)44-21(2)43-31(40)24-10-5-4-6-11-24)29(28)39(33)20-22-16-18-23(19-17-22)25-12-7-8-13-26(25)30-35-37-38-36-30/h4-19,21H,3,20H2,1-2H3,(H,35,36,37,38). The number of hydrogen-bond acceptors (Lipinski definition) is 9. The number of carbonyl (C=O) groups excluding carboxylic acids is 2. The molecule has 1 N–H and O–H groups in total. The molecule has 6 aromatic rings. The van der Waals surface area contributed by atoms with Crippen LogP contribution in [0.15, 0.2) is 97.1 Å². The van der Waals surface area contributed by atoms with Crippen molar-refractivity contribution in [2.45, 2.75) is 26.7 Å². The van der Waals surface area contributed by atoms with Gasteiger partial charge in [0.2, 0.25) is 12.1 Å². The molecule has 220 valence electrons. The van der Waals surface area contributed by atoms with Crippen LogP contribution in [0.3, 0.4) is 0 Å². The van der Waals surface area contributed by atoms with Gasteiger partial charge in [-0.2, -0.15) is 10.2 Å². The first kappa shape index (κ1) is 28.3. The van der Waals surface area contributed by atoms with Crippen LogP contribution < -0.4 is 4.74 Å². The molecule has 0 fully saturated rings. The highest BCUT2D eigenvalue weighted by Gasteiger charge is 2.23. The second-order valence-corrected chi connectivity index (χ2v) is 9.81. The molecule has 2 aromatic heterocycles. The zero-order chi connectivity index (χ0) is 30.5. The van der Waals surface area contributed by atoms with Crippen LogP contribution in [0.2, 0.25) is 0 Å². The number of benzene rings is 4. The first-order valence-electron chi connectivity index (χ1n) is 14.0. The van der Waals surface area contributed by atoms with E-state index in [-0.39, 0.29) is 5.56 Å². The average Bonchev–Trinajstić information content (AvgIpc) is 3.71. The van der Waals surface area contributed by atoms with Crippen LogP contribution in [0, 0.1) is 0 Å². The van der Waals surface area contributed by atoms with Crippen LogP contribution in [0.4, 0.5) is 0 Å². The SMILES string of the molecule is CCOc1nc2cccc(C(=O)OC(C)OC(=O)c3ccccc3)c2n1Cc1ccc(-c2ccccc2-c2nn[nH]n2)cc1. The lowest BCUT2D eigenvalue weighted by Gasteiger charge is -2.16. The van der Waals surface area contributed by atoms with E-state index in [0.717, 1.165) is 22.3 Å². The summed E-state index contributed by atoms with van der Waals surface area (Å²) in [5.41, 5.74) is 5.53. The Morgan fingerprint density at radius 1 is 0.841 bits per heavy atom. The van der Waals surface area contributed by atoms with Crippen molar-refractivity contribution in [2.75, 3.05) is 6.61 Å². The summed E-state index contributed by atoms with van der Waals surface area (Å²) >= 11 is 0. The first-order valence-corrected chi connectivity index (χ1v) is 14.0. The van der Waals surface area contributed by atoms with Gasteiger partial charge < -0.3 is 14.2 Å². The van der Waals surface area contributed by atoms with Gasteiger partial charge in [-0.15, -0.1) is 10.2 Å². The van der Waals surface area contributed by atoms with Crippen molar-refractivity contribution < 1.29 is 23.8 Å². The van der Waals surface area contributed by atoms with Crippen molar-refractivity contribution in [3.05, 3.63) is 114 Å². The van der Waals surface area contributed by atoms with E-state index < -0.39 is 18.2 Å². The first-order chi connectivity index (χ1) is 21.5. The Morgan fingerprint density at radius 3 is 2.30 bits per heavy atom. The Bertz CT molecular complexity index is 1900. The lowest BCUT2D eigenvalue weighted by molar-refractivity contribution is -0.0691. The molecule has 0 radical (unpaired) electrons. The van der Waals surface area contributed by atoms with Crippen molar-refractivity contribution in [3.63, 3.8) is 0 Å². The zero-order valence-electron chi connectivity index (χ0n) is 24.0. The molecular weight excluding hydrogens is 560 g/mol. The quantitative estimate of drug-likeness (QED) is 0.158. The number of tetrazole rings is 1. The van der Waals surface area contributed by atoms with E-state index >= 15 is 0 Å². The number of fused-ring (bicyclic) bond motifs is 1. The fraction of sp³-hybridized carbons (Fsp3) is 0.152. The third-order valence-corrected chi connectivity index (χ3v) is 6.90. The van der Waals surface area contributed by atoms with Crippen molar-refractivity contribution >= 4 is 23.0 Å². The van der Waals surface area contributed by atoms with Gasteiger partial charge in [-0.05, 0) is 53.1 Å². The third kappa shape index (κ3) is 5.88. The molecule has 0 bridgehead atoms. The molecule has 0 aliphatic carbocycles. The molecule has 0 aliphatic heterocycles. The molecule has 11 nitrogen and oxygen atoms in total. The fourth-order valence-electron chi connectivity index (χ4n) is 4.92. The minimum absolute atomic E-state index is 0.272. The maximum absolute atomic E-state index is 13.4. The second kappa shape index (κ2) is 12.6. The van der Waals surface area contributed by atoms with E-state index in [1.165, 1.54) is 6.92 Å². The molecule has 4 aromatic carbocycles. The van der Waals surface area contributed by atoms with Crippen LogP contribution in [-0.4, -0.2) is 55.0 Å². The van der Waals surface area contributed by atoms with Gasteiger partial charge in [0.1, 0.15) is 0 Å². The van der Waals surface area contributed by atoms with E-state index in [2.05, 4.69) is 25.6 Å². The summed E-state index contributed by atoms with van der Waals surface area (Å²) in [5.74, 6) is -0.725. The van der Waals surface area contributed by atoms with Crippen molar-refractivity contribution in [1.82, 2.24) is 30.2 Å². The third-order valence-electron chi connectivity index (χ3n) is 6.90. The molecule has 44 heavy (non-hydrogen) atoms. The van der Waals surface area contributed by atoms with Gasteiger partial charge >= 0.3 is 11.9 Å². The summed E-state index contributed by atoms with van der Waals surface area (Å²) in [5, 5.41) is 14.4. The van der Waals surface area contributed by atoms with E-state index in [4.69, 9.17) is 14.2 Å². The Hall–Kier alpha value is -5.84. The number of ether oxygens (including phenoxy) is 3. The van der Waals surface area contributed by atoms with Gasteiger partial charge in [-0.1, -0.05) is 72.8 Å². The predicted octanol–water partition coefficient (Wildman–Crippen LogP) is 5.69. The van der Waals surface area contributed by atoms with Crippen LogP contribution in [-0.2, 0) is 16.0 Å². The normalized spacial score (nSPS) is 11.7. The lowest BCUT2D eigenvalue weighted by Crippen LogP contribution is -2.22. The molecule has 0 saturated heterocycles. The van der Waals surface area contributed by atoms with Crippen LogP contribution in [0.1, 0.15) is 40.1 Å². The number of para-hydroxylation sites is 1. The van der Waals surface area contributed by atoms with Crippen molar-refractivity contribution in [3.8, 4) is 28.5 Å². The molecule has 0 amide bonds. The fourth-order valence-corrected chi connectivity index (χ4v) is 4.92. The summed E-state index contributed by atoms with van der Waals surface area (Å²) in [4.78, 5) is 30.5. The Labute approximate surface area is 252 Å². The zero-order valence-corrected chi connectivity index (χ0v) is 24.0. The van der Waals surface area contributed by atoms with E-state index in [1.54, 1.807) is 42.5 Å². The molecule has 6 rings (SSSR count). The maximum atomic E-state index is 13.4. The number of hydrogen-bond donors (Lipinski definition) is 1. The minimum Gasteiger partial charge on any atom is -0.465 e. The summed E-state index contributed by atoms with van der Waals surface area (Å²) in [6, 6.07) is 30.0. The van der Waals surface area contributed by atoms with Gasteiger partial charge in [0.05, 0.1) is 35.3 Å². The molecule has 11 heteroatoms. The van der Waals surface area contributed by atoms with E-state index in [1.807, 2.05) is 66.1 Å². The number of H-pyrrole nitrogens is 1. The van der Waals surface area contributed by atoms with Gasteiger partial charge in [0, 0.05) is 12.5 Å². The van der Waals surface area contributed by atoms with Gasteiger partial charge in [0.25, 0.3) is 6.01 Å². The molecular formula is C33H28N6O5. The van der Waals surface area contributed by atoms with E-state index in [0.29, 0.717) is 41.6 Å². The second-order valence-electron chi connectivity index (χ2n) is 9.81. The summed E-state index contributed by atoms with van der Waals surface area (Å²) < 4.78 is 18.6. The lowest BCUT2D eigenvalue weighted by atomic mass is 9.98. The number of aromatic nitrogens is 6. The van der Waals surface area contributed by atoms with Gasteiger partial charge in [-0.25, -0.2) is 9.59 Å². The highest BCUT2D eigenvalue weighted by molar-refractivity contribution is 6.02. The topological polar surface area (TPSA) is 134 Å². The van der Waals surface area contributed by atoms with Gasteiger partial charge in [0.15, 0.2) is 0 Å². The number of esters is 2. The number of rotatable bonds is 10. The van der Waals surface area contributed by atoms with Crippen LogP contribution in [0.25, 0.3) is 33.5 Å². The number of nitrogens with one attached hydrogen (secondary N) is 1. The largest absolute Gasteiger partial charge is 0.465 e. The van der Waals surface area contributed by atoms with Crippen LogP contribution in [0.5, 0.6) is 6.01 Å². The van der Waals surface area contributed by atoms with Crippen molar-refractivity contribution in [1.29, 1.82) is 0 Å². The highest BCUT2D eigenvalue weighted by Crippen LogP contribution is 2.31. The smallest absolute Gasteiger partial charge is 0.343 e. The number of aromatic amines is 1. The van der Waals surface area contributed by atoms with Gasteiger partial charge in [-0.3, -0.25) is 4.57 Å². The molecule has 0 saturated carbocycles. The number of carbonyl (C=O) groups is 2. The summed E-state index contributed by atoms with van der Waals surface area (Å²) in [7, 11) is 0. The average molecular weight is 589 g/mol. The molecule has 0 spiro atoms. The molecule has 1 unspecified atom stereocenters. The van der Waals surface area contributed by atoms with E-state index in [9.17, 15) is 9.59 Å². The molecule has 1 atom stereocenters. The molecule has 2 heterocycles. The summed E-state index contributed by atoms with van der Waals surface area (Å²) in [6.07, 6.45) is -1.11. The Balaban J connectivity index is 1.27. The molecule has 0 aliphatic rings. The minimum atomic E-state index is -1.11. The summed E-state index contributed by atoms with van der Waals surface area (Å²) in [6.45, 7) is 4.14. The Kier molecular flexibility index (Phi) is 8.08. The number of nitrogens with zero attached hydrogens (tertiary/aromatic N) is 5. The maximum Gasteiger partial charge on any atom is 0.343 e. The predicted molar refractivity (Wildman–Crippen MR) is 162 cm³/mol.